The van der Waals surface area contributed by atoms with Crippen molar-refractivity contribution in [2.45, 2.75) is 12.8 Å². The summed E-state index contributed by atoms with van der Waals surface area (Å²) in [4.78, 5) is 13.7. The predicted molar refractivity (Wildman–Crippen MR) is 75.4 cm³/mol. The van der Waals surface area contributed by atoms with Gasteiger partial charge in [-0.15, -0.1) is 0 Å². The lowest BCUT2D eigenvalue weighted by Gasteiger charge is -2.24. The highest BCUT2D eigenvalue weighted by atomic mass is 16.4. The van der Waals surface area contributed by atoms with Crippen molar-refractivity contribution in [3.8, 4) is 0 Å². The second-order valence-corrected chi connectivity index (χ2v) is 5.64. The van der Waals surface area contributed by atoms with Crippen molar-refractivity contribution >= 4 is 16.8 Å². The molecule has 0 bridgehead atoms. The number of aryl methyl sites for hydroxylation is 1. The number of nitrogens with zero attached hydrogens (tertiary/aromatic N) is 2. The van der Waals surface area contributed by atoms with Crippen molar-refractivity contribution in [2.75, 3.05) is 25.0 Å². The number of nitrogens with two attached hydrogens (primary N) is 1. The first kappa shape index (κ1) is 12.3. The molecule has 1 fully saturated rings. The van der Waals surface area contributed by atoms with Gasteiger partial charge in [-0.05, 0) is 37.6 Å². The van der Waals surface area contributed by atoms with E-state index in [1.807, 2.05) is 18.2 Å². The van der Waals surface area contributed by atoms with E-state index in [0.717, 1.165) is 24.3 Å². The maximum atomic E-state index is 11.5. The van der Waals surface area contributed by atoms with Crippen LogP contribution >= 0.6 is 0 Å². The van der Waals surface area contributed by atoms with Crippen molar-refractivity contribution in [3.63, 3.8) is 0 Å². The van der Waals surface area contributed by atoms with Gasteiger partial charge in [-0.3, -0.25) is 4.57 Å². The molecule has 1 aliphatic rings. The zero-order chi connectivity index (χ0) is 13.6. The van der Waals surface area contributed by atoms with Crippen LogP contribution in [-0.4, -0.2) is 24.7 Å². The molecule has 0 amide bonds. The highest BCUT2D eigenvalue weighted by molar-refractivity contribution is 5.77. The summed E-state index contributed by atoms with van der Waals surface area (Å²) in [6.07, 6.45) is 2.42. The quantitative estimate of drug-likeness (QED) is 0.901. The second-order valence-electron chi connectivity index (χ2n) is 5.64. The molecule has 1 aromatic carbocycles. The number of aromatic nitrogens is 1. The Hall–Kier alpha value is -1.75. The standard InChI is InChI=1S/C14H19N3O2/c1-16(9-14(8-15)5-6-14)10-3-4-12-11(7-10)17(2)13(18)19-12/h3-4,7H,5-6,8-9,15H2,1-2H3. The van der Waals surface area contributed by atoms with Crippen LogP contribution in [0.5, 0.6) is 0 Å². The summed E-state index contributed by atoms with van der Waals surface area (Å²) < 4.78 is 6.67. The Morgan fingerprint density at radius 3 is 2.84 bits per heavy atom. The minimum Gasteiger partial charge on any atom is -0.408 e. The Kier molecular flexibility index (Phi) is 2.67. The highest BCUT2D eigenvalue weighted by Crippen LogP contribution is 2.45. The Bertz CT molecular complexity index is 667. The summed E-state index contributed by atoms with van der Waals surface area (Å²) in [5.74, 6) is -0.324. The van der Waals surface area contributed by atoms with E-state index >= 15 is 0 Å². The largest absolute Gasteiger partial charge is 0.419 e. The lowest BCUT2D eigenvalue weighted by molar-refractivity contribution is 0.523. The molecule has 19 heavy (non-hydrogen) atoms. The molecule has 3 rings (SSSR count). The van der Waals surface area contributed by atoms with Crippen LogP contribution in [0.2, 0.25) is 0 Å². The van der Waals surface area contributed by atoms with Crippen molar-refractivity contribution in [2.24, 2.45) is 18.2 Å². The van der Waals surface area contributed by atoms with Crippen molar-refractivity contribution in [1.29, 1.82) is 0 Å². The molecule has 2 N–H and O–H groups in total. The number of rotatable bonds is 4. The number of fused-ring (bicyclic) bond motifs is 1. The fraction of sp³-hybridized carbons (Fsp3) is 0.500. The summed E-state index contributed by atoms with van der Waals surface area (Å²) in [6.45, 7) is 1.70. The zero-order valence-corrected chi connectivity index (χ0v) is 11.3. The van der Waals surface area contributed by atoms with Crippen LogP contribution in [0.3, 0.4) is 0 Å². The molecule has 0 saturated heterocycles. The first-order chi connectivity index (χ1) is 9.04. The van der Waals surface area contributed by atoms with Crippen LogP contribution in [-0.2, 0) is 7.05 Å². The minimum absolute atomic E-state index is 0.298. The van der Waals surface area contributed by atoms with Gasteiger partial charge in [0.1, 0.15) is 0 Å². The van der Waals surface area contributed by atoms with E-state index in [4.69, 9.17) is 10.2 Å². The molecule has 102 valence electrons. The van der Waals surface area contributed by atoms with E-state index in [0.29, 0.717) is 11.0 Å². The lowest BCUT2D eigenvalue weighted by atomic mass is 10.1. The molecule has 0 atom stereocenters. The average molecular weight is 261 g/mol. The zero-order valence-electron chi connectivity index (χ0n) is 11.3. The van der Waals surface area contributed by atoms with Gasteiger partial charge in [0.2, 0.25) is 0 Å². The summed E-state index contributed by atoms with van der Waals surface area (Å²) in [5, 5.41) is 0. The second kappa shape index (κ2) is 4.13. The van der Waals surface area contributed by atoms with Gasteiger partial charge in [0.25, 0.3) is 0 Å². The molecule has 5 nitrogen and oxygen atoms in total. The highest BCUT2D eigenvalue weighted by Gasteiger charge is 2.42. The Labute approximate surface area is 111 Å². The summed E-state index contributed by atoms with van der Waals surface area (Å²) in [5.41, 5.74) is 8.67. The average Bonchev–Trinajstić information content (AvgIpc) is 3.12. The molecule has 1 aliphatic carbocycles. The summed E-state index contributed by atoms with van der Waals surface area (Å²) in [7, 11) is 3.79. The maximum Gasteiger partial charge on any atom is 0.419 e. The van der Waals surface area contributed by atoms with E-state index in [9.17, 15) is 4.79 Å². The molecule has 1 aromatic heterocycles. The first-order valence-corrected chi connectivity index (χ1v) is 6.55. The van der Waals surface area contributed by atoms with Crippen molar-refractivity contribution in [1.82, 2.24) is 4.57 Å². The Morgan fingerprint density at radius 1 is 1.47 bits per heavy atom. The summed E-state index contributed by atoms with van der Waals surface area (Å²) in [6, 6.07) is 5.83. The van der Waals surface area contributed by atoms with Crippen LogP contribution in [0.15, 0.2) is 27.4 Å². The lowest BCUT2D eigenvalue weighted by Crippen LogP contribution is -2.31. The summed E-state index contributed by atoms with van der Waals surface area (Å²) >= 11 is 0. The first-order valence-electron chi connectivity index (χ1n) is 6.55. The van der Waals surface area contributed by atoms with Crippen LogP contribution in [0.1, 0.15) is 12.8 Å². The van der Waals surface area contributed by atoms with Gasteiger partial charge in [-0.25, -0.2) is 4.79 Å². The van der Waals surface area contributed by atoms with Gasteiger partial charge < -0.3 is 15.1 Å². The number of hydrogen-bond acceptors (Lipinski definition) is 4. The molecular weight excluding hydrogens is 242 g/mol. The van der Waals surface area contributed by atoms with Gasteiger partial charge in [-0.2, -0.15) is 0 Å². The van der Waals surface area contributed by atoms with Gasteiger partial charge in [0.05, 0.1) is 5.52 Å². The molecule has 0 aliphatic heterocycles. The van der Waals surface area contributed by atoms with Crippen molar-refractivity contribution in [3.05, 3.63) is 28.7 Å². The van der Waals surface area contributed by atoms with E-state index < -0.39 is 0 Å². The van der Waals surface area contributed by atoms with E-state index in [2.05, 4.69) is 11.9 Å². The van der Waals surface area contributed by atoms with Crippen LogP contribution in [0.25, 0.3) is 11.1 Å². The Balaban J connectivity index is 1.92. The molecule has 1 heterocycles. The SMILES string of the molecule is CN(CC1(CN)CC1)c1ccc2oc(=O)n(C)c2c1. The van der Waals surface area contributed by atoms with Crippen molar-refractivity contribution < 1.29 is 4.42 Å². The van der Waals surface area contributed by atoms with Gasteiger partial charge >= 0.3 is 5.76 Å². The van der Waals surface area contributed by atoms with E-state index in [1.165, 1.54) is 17.4 Å². The molecular formula is C14H19N3O2. The van der Waals surface area contributed by atoms with E-state index in [-0.39, 0.29) is 5.76 Å². The fourth-order valence-corrected chi connectivity index (χ4v) is 2.55. The minimum atomic E-state index is -0.324. The number of oxazole rings is 1. The van der Waals surface area contributed by atoms with Crippen LogP contribution in [0, 0.1) is 5.41 Å². The molecule has 0 spiro atoms. The van der Waals surface area contributed by atoms with Gasteiger partial charge in [0.15, 0.2) is 5.58 Å². The monoisotopic (exact) mass is 261 g/mol. The molecule has 0 unspecified atom stereocenters. The third-order valence-electron chi connectivity index (χ3n) is 4.18. The fourth-order valence-electron chi connectivity index (χ4n) is 2.55. The maximum absolute atomic E-state index is 11.5. The topological polar surface area (TPSA) is 64.4 Å². The molecule has 0 radical (unpaired) electrons. The normalized spacial score (nSPS) is 16.8. The number of hydrogen-bond donors (Lipinski definition) is 1. The third-order valence-corrected chi connectivity index (χ3v) is 4.18. The number of benzene rings is 1. The Morgan fingerprint density at radius 2 is 2.21 bits per heavy atom. The van der Waals surface area contributed by atoms with E-state index in [1.54, 1.807) is 7.05 Å². The smallest absolute Gasteiger partial charge is 0.408 e. The van der Waals surface area contributed by atoms with Gasteiger partial charge in [0, 0.05) is 31.7 Å². The molecule has 2 aromatic rings. The third kappa shape index (κ3) is 2.04. The van der Waals surface area contributed by atoms with Gasteiger partial charge in [-0.1, -0.05) is 0 Å². The van der Waals surface area contributed by atoms with Crippen LogP contribution < -0.4 is 16.4 Å². The molecule has 5 heteroatoms. The molecule has 1 saturated carbocycles. The predicted octanol–water partition coefficient (Wildman–Crippen LogP) is 1.31. The number of anilines is 1. The van der Waals surface area contributed by atoms with Crippen LogP contribution in [0.4, 0.5) is 5.69 Å².